The molecule has 0 radical (unpaired) electrons. The van der Waals surface area contributed by atoms with Gasteiger partial charge >= 0.3 is 5.97 Å². The van der Waals surface area contributed by atoms with Gasteiger partial charge < -0.3 is 9.47 Å². The number of rotatable bonds is 3. The highest BCUT2D eigenvalue weighted by Gasteiger charge is 2.63. The van der Waals surface area contributed by atoms with Crippen LogP contribution in [0.25, 0.3) is 0 Å². The molecule has 3 heteroatoms. The second kappa shape index (κ2) is 3.85. The van der Waals surface area contributed by atoms with E-state index in [1.807, 2.05) is 7.11 Å². The quantitative estimate of drug-likeness (QED) is 0.580. The van der Waals surface area contributed by atoms with Gasteiger partial charge in [0.15, 0.2) is 0 Å². The summed E-state index contributed by atoms with van der Waals surface area (Å²) >= 11 is 0. The molecule has 19 heavy (non-hydrogen) atoms. The highest BCUT2D eigenvalue weighted by atomic mass is 16.6. The summed E-state index contributed by atoms with van der Waals surface area (Å²) in [7, 11) is 1.81. The molecule has 3 nitrogen and oxygen atoms in total. The van der Waals surface area contributed by atoms with Crippen molar-refractivity contribution in [3.05, 3.63) is 12.2 Å². The Balaban J connectivity index is 1.90. The summed E-state index contributed by atoms with van der Waals surface area (Å²) in [5.74, 6) is 0.399. The first-order valence-electron chi connectivity index (χ1n) is 7.24. The van der Waals surface area contributed by atoms with Crippen molar-refractivity contribution >= 4 is 5.97 Å². The molecule has 4 unspecified atom stereocenters. The lowest BCUT2D eigenvalue weighted by atomic mass is 9.46. The molecule has 4 atom stereocenters. The molecule has 0 amide bonds. The third kappa shape index (κ3) is 2.03. The van der Waals surface area contributed by atoms with Crippen molar-refractivity contribution in [2.45, 2.75) is 63.6 Å². The van der Waals surface area contributed by atoms with Gasteiger partial charge in [-0.2, -0.15) is 0 Å². The van der Waals surface area contributed by atoms with Crippen LogP contribution in [-0.4, -0.2) is 24.3 Å². The highest BCUT2D eigenvalue weighted by molar-refractivity contribution is 5.87. The van der Waals surface area contributed by atoms with E-state index in [1.165, 1.54) is 6.42 Å². The van der Waals surface area contributed by atoms with Crippen molar-refractivity contribution in [2.75, 3.05) is 7.11 Å². The van der Waals surface area contributed by atoms with Gasteiger partial charge in [-0.25, -0.2) is 4.79 Å². The first-order chi connectivity index (χ1) is 8.79. The van der Waals surface area contributed by atoms with E-state index in [-0.39, 0.29) is 22.6 Å². The van der Waals surface area contributed by atoms with Crippen LogP contribution in [-0.2, 0) is 14.3 Å². The van der Waals surface area contributed by atoms with Gasteiger partial charge in [0.05, 0.1) is 5.60 Å². The second-order valence-corrected chi connectivity index (χ2v) is 7.56. The number of hydrogen-bond acceptors (Lipinski definition) is 3. The van der Waals surface area contributed by atoms with E-state index >= 15 is 0 Å². The Kier molecular flexibility index (Phi) is 2.66. The Morgan fingerprint density at radius 3 is 2.37 bits per heavy atom. The van der Waals surface area contributed by atoms with E-state index in [0.29, 0.717) is 11.5 Å². The molecular formula is C16H24O3. The molecule has 0 N–H and O–H groups in total. The number of carbonyl (C=O) groups is 1. The maximum Gasteiger partial charge on any atom is 0.333 e. The van der Waals surface area contributed by atoms with Gasteiger partial charge in [-0.3, -0.25) is 0 Å². The van der Waals surface area contributed by atoms with E-state index in [0.717, 1.165) is 32.1 Å². The monoisotopic (exact) mass is 264 g/mol. The Bertz CT molecular complexity index is 443. The highest BCUT2D eigenvalue weighted by Crippen LogP contribution is 2.65. The Hall–Kier alpha value is -0.830. The molecule has 106 valence electrons. The zero-order valence-electron chi connectivity index (χ0n) is 12.3. The summed E-state index contributed by atoms with van der Waals surface area (Å²) in [6.45, 7) is 7.75. The van der Waals surface area contributed by atoms with Gasteiger partial charge in [0.1, 0.15) is 5.60 Å². The summed E-state index contributed by atoms with van der Waals surface area (Å²) in [5, 5.41) is 0. The predicted molar refractivity (Wildman–Crippen MR) is 72.7 cm³/mol. The molecule has 0 spiro atoms. The first-order valence-corrected chi connectivity index (χ1v) is 7.24. The smallest absolute Gasteiger partial charge is 0.333 e. The summed E-state index contributed by atoms with van der Waals surface area (Å²) in [6, 6.07) is 0. The van der Waals surface area contributed by atoms with Gasteiger partial charge in [0.2, 0.25) is 0 Å². The molecule has 4 rings (SSSR count). The SMILES string of the molecule is C=C(C)C(=O)OC12CC3CC(C)(CC(OC)(C3)C1)C2. The van der Waals surface area contributed by atoms with Crippen molar-refractivity contribution in [1.82, 2.24) is 0 Å². The zero-order chi connectivity index (χ0) is 13.9. The fraction of sp³-hybridized carbons (Fsp3) is 0.812. The van der Waals surface area contributed by atoms with E-state index < -0.39 is 0 Å². The molecule has 0 aromatic heterocycles. The molecule has 0 saturated heterocycles. The molecule has 0 aromatic carbocycles. The third-order valence-corrected chi connectivity index (χ3v) is 5.34. The lowest BCUT2D eigenvalue weighted by Gasteiger charge is -2.64. The second-order valence-electron chi connectivity index (χ2n) is 7.56. The van der Waals surface area contributed by atoms with E-state index in [2.05, 4.69) is 13.5 Å². The number of hydrogen-bond donors (Lipinski definition) is 0. The van der Waals surface area contributed by atoms with Gasteiger partial charge in [-0.1, -0.05) is 13.5 Å². The predicted octanol–water partition coefficient (Wildman–Crippen LogP) is 3.23. The molecule has 0 aliphatic heterocycles. The molecule has 4 bridgehead atoms. The minimum Gasteiger partial charge on any atom is -0.456 e. The standard InChI is InChI=1S/C16H24O3/c1-11(2)13(17)19-16-7-12-5-14(3,9-16)8-15(6-12,10-16)18-4/h12H,1,5-10H2,2-4H3. The van der Waals surface area contributed by atoms with Crippen LogP contribution < -0.4 is 0 Å². The maximum atomic E-state index is 12.0. The fourth-order valence-electron chi connectivity index (χ4n) is 5.35. The molecule has 4 fully saturated rings. The van der Waals surface area contributed by atoms with Crippen LogP contribution in [0.5, 0.6) is 0 Å². The van der Waals surface area contributed by atoms with Crippen LogP contribution in [0.15, 0.2) is 12.2 Å². The molecular weight excluding hydrogens is 240 g/mol. The average Bonchev–Trinajstić information content (AvgIpc) is 2.24. The van der Waals surface area contributed by atoms with Crippen molar-refractivity contribution in [2.24, 2.45) is 11.3 Å². The molecule has 0 aromatic rings. The summed E-state index contributed by atoms with van der Waals surface area (Å²) in [5.41, 5.74) is 0.390. The number of ether oxygens (including phenoxy) is 2. The number of methoxy groups -OCH3 is 1. The van der Waals surface area contributed by atoms with Crippen LogP contribution in [0.3, 0.4) is 0 Å². The minimum atomic E-state index is -0.305. The number of esters is 1. The Morgan fingerprint density at radius 2 is 1.79 bits per heavy atom. The summed E-state index contributed by atoms with van der Waals surface area (Å²) < 4.78 is 11.8. The summed E-state index contributed by atoms with van der Waals surface area (Å²) in [6.07, 6.45) is 6.35. The van der Waals surface area contributed by atoms with Gasteiger partial charge in [-0.05, 0) is 50.4 Å². The molecule has 4 saturated carbocycles. The van der Waals surface area contributed by atoms with Crippen molar-refractivity contribution < 1.29 is 14.3 Å². The molecule has 4 aliphatic rings. The third-order valence-electron chi connectivity index (χ3n) is 5.34. The Labute approximate surface area is 115 Å². The lowest BCUT2D eigenvalue weighted by Crippen LogP contribution is -2.64. The van der Waals surface area contributed by atoms with Crippen LogP contribution in [0.1, 0.15) is 52.4 Å². The van der Waals surface area contributed by atoms with Crippen LogP contribution >= 0.6 is 0 Å². The molecule has 4 aliphatic carbocycles. The topological polar surface area (TPSA) is 35.5 Å². The van der Waals surface area contributed by atoms with Crippen molar-refractivity contribution in [3.8, 4) is 0 Å². The average molecular weight is 264 g/mol. The lowest BCUT2D eigenvalue weighted by molar-refractivity contribution is -0.244. The van der Waals surface area contributed by atoms with E-state index in [9.17, 15) is 4.79 Å². The summed E-state index contributed by atoms with van der Waals surface area (Å²) in [4.78, 5) is 12.0. The number of carbonyl (C=O) groups excluding carboxylic acids is 1. The normalized spacial score (nSPS) is 47.2. The maximum absolute atomic E-state index is 12.0. The van der Waals surface area contributed by atoms with Crippen LogP contribution in [0, 0.1) is 11.3 Å². The van der Waals surface area contributed by atoms with Gasteiger partial charge in [0, 0.05) is 19.1 Å². The first kappa shape index (κ1) is 13.2. The minimum absolute atomic E-state index is 0.0660. The fourth-order valence-corrected chi connectivity index (χ4v) is 5.35. The van der Waals surface area contributed by atoms with Gasteiger partial charge in [0.25, 0.3) is 0 Å². The van der Waals surface area contributed by atoms with Crippen molar-refractivity contribution in [1.29, 1.82) is 0 Å². The zero-order valence-corrected chi connectivity index (χ0v) is 12.3. The van der Waals surface area contributed by atoms with E-state index in [1.54, 1.807) is 6.92 Å². The Morgan fingerprint density at radius 1 is 1.16 bits per heavy atom. The van der Waals surface area contributed by atoms with Gasteiger partial charge in [-0.15, -0.1) is 0 Å². The van der Waals surface area contributed by atoms with Crippen LogP contribution in [0.4, 0.5) is 0 Å². The van der Waals surface area contributed by atoms with E-state index in [4.69, 9.17) is 9.47 Å². The largest absolute Gasteiger partial charge is 0.456 e. The molecule has 0 heterocycles. The van der Waals surface area contributed by atoms with Crippen molar-refractivity contribution in [3.63, 3.8) is 0 Å². The van der Waals surface area contributed by atoms with Crippen LogP contribution in [0.2, 0.25) is 0 Å².